The summed E-state index contributed by atoms with van der Waals surface area (Å²) < 4.78 is 0. The van der Waals surface area contributed by atoms with E-state index in [0.29, 0.717) is 0 Å². The molecule has 0 heterocycles. The van der Waals surface area contributed by atoms with Gasteiger partial charge in [0.1, 0.15) is 0 Å². The van der Waals surface area contributed by atoms with Gasteiger partial charge in [-0.3, -0.25) is 0 Å². The molecule has 0 saturated carbocycles. The van der Waals surface area contributed by atoms with Crippen molar-refractivity contribution in [1.82, 2.24) is 0 Å². The zero-order valence-corrected chi connectivity index (χ0v) is 14.3. The van der Waals surface area contributed by atoms with E-state index in [1.54, 1.807) is 0 Å². The van der Waals surface area contributed by atoms with Gasteiger partial charge < -0.3 is 16.4 Å². The molecule has 0 aromatic rings. The minimum atomic E-state index is 0. The van der Waals surface area contributed by atoms with E-state index in [1.165, 1.54) is 0 Å². The Hall–Kier alpha value is 3.02. The summed E-state index contributed by atoms with van der Waals surface area (Å²) in [4.78, 5) is 0. The van der Waals surface area contributed by atoms with Crippen LogP contribution in [-0.2, 0) is 58.6 Å². The van der Waals surface area contributed by atoms with Gasteiger partial charge in [0.15, 0.2) is 0 Å². The van der Waals surface area contributed by atoms with E-state index in [4.69, 9.17) is 0 Å². The molecule has 0 aromatic heterocycles. The third-order valence-corrected chi connectivity index (χ3v) is 0. The van der Waals surface area contributed by atoms with Gasteiger partial charge in [-0.05, 0) is 0 Å². The van der Waals surface area contributed by atoms with Crippen molar-refractivity contribution in [1.29, 1.82) is 0 Å². The first kappa shape index (κ1) is 89.3. The maximum absolute atomic E-state index is 0. The molecule has 7 heavy (non-hydrogen) atoms. The second-order valence-corrected chi connectivity index (χ2v) is 0. The van der Waals surface area contributed by atoms with Gasteiger partial charge in [0.25, 0.3) is 0 Å². The Kier molecular flexibility index (Phi) is 811. The fourth-order valence-electron chi connectivity index (χ4n) is 0. The van der Waals surface area contributed by atoms with Crippen molar-refractivity contribution >= 4 is 52.4 Å². The average Bonchev–Trinajstić information content (AvgIpc) is 0. The maximum Gasteiger partial charge on any atom is 3.00 e. The molecule has 0 saturated heterocycles. The van der Waals surface area contributed by atoms with Gasteiger partial charge >= 0.3 is 52.4 Å². The van der Waals surface area contributed by atoms with Gasteiger partial charge in [0.2, 0.25) is 0 Å². The summed E-state index contributed by atoms with van der Waals surface area (Å²) in [5.74, 6) is 0. The predicted octanol–water partition coefficient (Wildman–Crippen LogP) is -1.12. The molecule has 0 fully saturated rings. The van der Waals surface area contributed by atoms with Crippen molar-refractivity contribution < 1.29 is 58.6 Å². The van der Waals surface area contributed by atoms with Gasteiger partial charge in [-0.15, -0.1) is 0 Å². The van der Waals surface area contributed by atoms with Crippen LogP contribution in [0.25, 0.3) is 0 Å². The molecule has 7 heteroatoms. The fraction of sp³-hybridized carbons (Fsp3) is 0. The molecule has 0 spiro atoms. The molecule has 0 N–H and O–H groups in total. The first-order valence-electron chi connectivity index (χ1n) is 0. The Bertz CT molecular complexity index is 10.9. The summed E-state index contributed by atoms with van der Waals surface area (Å²) in [5.41, 5.74) is 0. The Morgan fingerprint density at radius 1 is 0.429 bits per heavy atom. The van der Waals surface area contributed by atoms with E-state index in [1.807, 2.05) is 0 Å². The number of hydrogen-bond donors (Lipinski definition) is 0. The van der Waals surface area contributed by atoms with Gasteiger partial charge in [-0.25, -0.2) is 0 Å². The van der Waals surface area contributed by atoms with Crippen molar-refractivity contribution in [2.75, 3.05) is 0 Å². The minimum absolute atomic E-state index is 0. The molecule has 0 amide bonds. The van der Waals surface area contributed by atoms with Gasteiger partial charge in [-0.2, -0.15) is 0 Å². The summed E-state index contributed by atoms with van der Waals surface area (Å²) in [5, 5.41) is 0. The first-order valence-corrected chi connectivity index (χ1v) is 0. The molecule has 3 nitrogen and oxygen atoms in total. The molecule has 0 rings (SSSR count). The van der Waals surface area contributed by atoms with Crippen molar-refractivity contribution in [3.63, 3.8) is 0 Å². The van der Waals surface area contributed by atoms with Crippen LogP contribution in [0.4, 0.5) is 0 Å². The molecule has 0 aliphatic heterocycles. The average molecular weight is 856 g/mol. The van der Waals surface area contributed by atoms with E-state index in [-0.39, 0.29) is 111 Å². The monoisotopic (exact) mass is 856 g/mol. The van der Waals surface area contributed by atoms with E-state index in [9.17, 15) is 0 Å². The molecular formula is Bi2O3Pt2. The third kappa shape index (κ3) is 48.7. The van der Waals surface area contributed by atoms with Crippen molar-refractivity contribution in [2.45, 2.75) is 0 Å². The van der Waals surface area contributed by atoms with Gasteiger partial charge in [-0.1, -0.05) is 0 Å². The van der Waals surface area contributed by atoms with Gasteiger partial charge in [0, 0.05) is 42.1 Å². The molecule has 0 aliphatic rings. The quantitative estimate of drug-likeness (QED) is 0.277. The summed E-state index contributed by atoms with van der Waals surface area (Å²) >= 11 is 0. The Morgan fingerprint density at radius 3 is 0.429 bits per heavy atom. The second-order valence-electron chi connectivity index (χ2n) is 0. The summed E-state index contributed by atoms with van der Waals surface area (Å²) in [6, 6.07) is 0. The van der Waals surface area contributed by atoms with Gasteiger partial charge in [0.05, 0.1) is 0 Å². The topological polar surface area (TPSA) is 85.5 Å². The van der Waals surface area contributed by atoms with Crippen molar-refractivity contribution in [3.05, 3.63) is 0 Å². The summed E-state index contributed by atoms with van der Waals surface area (Å²) in [6.07, 6.45) is 0. The largest absolute Gasteiger partial charge is 3.00 e. The van der Waals surface area contributed by atoms with Crippen LogP contribution in [-0.4, -0.2) is 52.4 Å². The molecule has 48 valence electrons. The zero-order valence-electron chi connectivity index (χ0n) is 2.75. The molecule has 4 radical (unpaired) electrons. The maximum atomic E-state index is 0. The van der Waals surface area contributed by atoms with Crippen LogP contribution in [0.1, 0.15) is 0 Å². The molecule has 0 unspecified atom stereocenters. The van der Waals surface area contributed by atoms with Crippen LogP contribution in [0, 0.1) is 0 Å². The van der Waals surface area contributed by atoms with Crippen LogP contribution in [0.3, 0.4) is 0 Å². The summed E-state index contributed by atoms with van der Waals surface area (Å²) in [7, 11) is 0. The number of rotatable bonds is 0. The molecule has 0 bridgehead atoms. The molecular weight excluding hydrogens is 856 g/mol. The normalized spacial score (nSPS) is 0. The second kappa shape index (κ2) is 63.6. The van der Waals surface area contributed by atoms with Crippen molar-refractivity contribution in [3.8, 4) is 0 Å². The standard InChI is InChI=1S/2Bi.3O.2Pt/q2*+3;3*-2;;. The Labute approximate surface area is 109 Å². The van der Waals surface area contributed by atoms with E-state index < -0.39 is 0 Å². The summed E-state index contributed by atoms with van der Waals surface area (Å²) in [6.45, 7) is 0. The van der Waals surface area contributed by atoms with Crippen LogP contribution >= 0.6 is 0 Å². The fourth-order valence-corrected chi connectivity index (χ4v) is 0. The van der Waals surface area contributed by atoms with Crippen LogP contribution in [0.5, 0.6) is 0 Å². The van der Waals surface area contributed by atoms with Crippen LogP contribution in [0.2, 0.25) is 0 Å². The zero-order chi connectivity index (χ0) is 0. The molecule has 0 aromatic carbocycles. The van der Waals surface area contributed by atoms with Crippen LogP contribution < -0.4 is 0 Å². The Morgan fingerprint density at radius 2 is 0.429 bits per heavy atom. The molecule has 0 atom stereocenters. The molecule has 0 aliphatic carbocycles. The third-order valence-electron chi connectivity index (χ3n) is 0. The van der Waals surface area contributed by atoms with E-state index >= 15 is 0 Å². The van der Waals surface area contributed by atoms with E-state index in [2.05, 4.69) is 0 Å². The SMILES string of the molecule is [Bi+3].[Bi+3].[O-2].[O-2].[O-2].[Pt].[Pt]. The van der Waals surface area contributed by atoms with Crippen LogP contribution in [0.15, 0.2) is 0 Å². The predicted molar refractivity (Wildman–Crippen MR) is 13.6 cm³/mol. The minimum Gasteiger partial charge on any atom is -2.00 e. The van der Waals surface area contributed by atoms with E-state index in [0.717, 1.165) is 0 Å². The smallest absolute Gasteiger partial charge is 2.00 e. The number of hydrogen-bond acceptors (Lipinski definition) is 0. The van der Waals surface area contributed by atoms with Crippen molar-refractivity contribution in [2.24, 2.45) is 0 Å². The first-order chi connectivity index (χ1) is 0. The Balaban J connectivity index is 0.